The molecule has 2 fully saturated rings. The number of ether oxygens (including phenoxy) is 1. The van der Waals surface area contributed by atoms with Gasteiger partial charge in [-0.3, -0.25) is 4.79 Å². The van der Waals surface area contributed by atoms with Crippen LogP contribution in [0, 0.1) is 0 Å². The molecule has 3 rings (SSSR count). The van der Waals surface area contributed by atoms with Gasteiger partial charge in [0.25, 0.3) is 0 Å². The molecular weight excluding hydrogens is 373 g/mol. The van der Waals surface area contributed by atoms with Crippen LogP contribution in [-0.2, 0) is 0 Å². The van der Waals surface area contributed by atoms with Crippen molar-refractivity contribution in [2.75, 3.05) is 57.3 Å². The third-order valence-electron chi connectivity index (χ3n) is 5.07. The highest BCUT2D eigenvalue weighted by Gasteiger charge is 2.19. The minimum atomic E-state index is -0.354. The molecule has 26 heavy (non-hydrogen) atoms. The number of amides is 1. The third kappa shape index (κ3) is 6.22. The molecule has 146 valence electrons. The van der Waals surface area contributed by atoms with Gasteiger partial charge in [-0.15, -0.1) is 12.4 Å². The molecule has 2 heterocycles. The van der Waals surface area contributed by atoms with E-state index in [1.807, 2.05) is 12.1 Å². The summed E-state index contributed by atoms with van der Waals surface area (Å²) in [6, 6.07) is 8.26. The number of anilines is 1. The molecule has 2 aliphatic rings. The van der Waals surface area contributed by atoms with E-state index in [-0.39, 0.29) is 17.8 Å². The van der Waals surface area contributed by atoms with E-state index in [1.165, 1.54) is 38.0 Å². The zero-order valence-corrected chi connectivity index (χ0v) is 16.8. The first-order valence-electron chi connectivity index (χ1n) is 9.37. The summed E-state index contributed by atoms with van der Waals surface area (Å²) >= 11 is 5.53. The lowest BCUT2D eigenvalue weighted by molar-refractivity contribution is 0.205. The van der Waals surface area contributed by atoms with Crippen LogP contribution < -0.4 is 9.64 Å². The van der Waals surface area contributed by atoms with Gasteiger partial charge in [-0.1, -0.05) is 6.42 Å². The molecule has 0 aliphatic carbocycles. The Morgan fingerprint density at radius 1 is 0.962 bits per heavy atom. The minimum absolute atomic E-state index is 0. The molecule has 0 spiro atoms. The molecule has 0 saturated carbocycles. The van der Waals surface area contributed by atoms with Gasteiger partial charge in [-0.05, 0) is 68.2 Å². The van der Waals surface area contributed by atoms with E-state index in [9.17, 15) is 4.79 Å². The van der Waals surface area contributed by atoms with Crippen molar-refractivity contribution in [3.05, 3.63) is 24.3 Å². The molecule has 1 aromatic carbocycles. The maximum Gasteiger partial charge on any atom is 0.316 e. The van der Waals surface area contributed by atoms with Crippen LogP contribution in [0.1, 0.15) is 25.7 Å². The van der Waals surface area contributed by atoms with E-state index in [0.29, 0.717) is 13.1 Å². The first-order valence-corrected chi connectivity index (χ1v) is 9.75. The van der Waals surface area contributed by atoms with Gasteiger partial charge in [-0.2, -0.15) is 0 Å². The fourth-order valence-corrected chi connectivity index (χ4v) is 3.72. The van der Waals surface area contributed by atoms with Crippen LogP contribution >= 0.6 is 24.0 Å². The number of rotatable bonds is 6. The average Bonchev–Trinajstić information content (AvgIpc) is 2.67. The molecule has 0 unspecified atom stereocenters. The third-order valence-corrected chi connectivity index (χ3v) is 5.31. The molecule has 7 heteroatoms. The summed E-state index contributed by atoms with van der Waals surface area (Å²) in [6.07, 6.45) is 5.15. The van der Waals surface area contributed by atoms with Gasteiger partial charge in [0.1, 0.15) is 5.75 Å². The summed E-state index contributed by atoms with van der Waals surface area (Å²) in [4.78, 5) is 17.7. The quantitative estimate of drug-likeness (QED) is 0.412. The highest BCUT2D eigenvalue weighted by Crippen LogP contribution is 2.21. The Morgan fingerprint density at radius 3 is 2.23 bits per heavy atom. The molecule has 0 aromatic heterocycles. The second-order valence-electron chi connectivity index (χ2n) is 6.83. The molecular formula is C19H29Cl2N3O2. The van der Waals surface area contributed by atoms with Crippen molar-refractivity contribution in [1.82, 2.24) is 9.80 Å². The van der Waals surface area contributed by atoms with Gasteiger partial charge in [0.15, 0.2) is 0 Å². The second kappa shape index (κ2) is 10.9. The standard InChI is InChI=1S/C19H28ClN3O2.ClH/c20-19(24)23-14-12-22(13-15-23)17-5-7-18(8-6-17)25-16-4-11-21-9-2-1-3-10-21;/h5-8H,1-4,9-16H2;1H. The van der Waals surface area contributed by atoms with E-state index in [2.05, 4.69) is 21.9 Å². The van der Waals surface area contributed by atoms with Crippen LogP contribution in [0.15, 0.2) is 24.3 Å². The molecule has 5 nitrogen and oxygen atoms in total. The van der Waals surface area contributed by atoms with Crippen molar-refractivity contribution in [1.29, 1.82) is 0 Å². The summed E-state index contributed by atoms with van der Waals surface area (Å²) in [6.45, 7) is 7.39. The number of likely N-dealkylation sites (tertiary alicyclic amines) is 1. The Bertz CT molecular complexity index is 542. The van der Waals surface area contributed by atoms with E-state index < -0.39 is 0 Å². The first kappa shape index (κ1) is 21.1. The Kier molecular flexibility index (Phi) is 8.82. The average molecular weight is 402 g/mol. The van der Waals surface area contributed by atoms with E-state index >= 15 is 0 Å². The topological polar surface area (TPSA) is 36.0 Å². The molecule has 0 radical (unpaired) electrons. The van der Waals surface area contributed by atoms with Gasteiger partial charge in [0.05, 0.1) is 6.61 Å². The lowest BCUT2D eigenvalue weighted by Crippen LogP contribution is -2.47. The number of carbonyl (C=O) groups excluding carboxylic acids is 1. The van der Waals surface area contributed by atoms with Crippen LogP contribution in [0.3, 0.4) is 0 Å². The predicted octanol–water partition coefficient (Wildman–Crippen LogP) is 3.84. The summed E-state index contributed by atoms with van der Waals surface area (Å²) < 4.78 is 5.87. The van der Waals surface area contributed by atoms with Gasteiger partial charge < -0.3 is 19.4 Å². The molecule has 0 N–H and O–H groups in total. The number of hydrogen-bond acceptors (Lipinski definition) is 4. The Labute approximate surface area is 167 Å². The normalized spacial score (nSPS) is 18.3. The summed E-state index contributed by atoms with van der Waals surface area (Å²) in [7, 11) is 0. The van der Waals surface area contributed by atoms with Crippen molar-refractivity contribution >= 4 is 35.1 Å². The number of piperazine rings is 1. The summed E-state index contributed by atoms with van der Waals surface area (Å²) in [5.41, 5.74) is 1.17. The van der Waals surface area contributed by atoms with E-state index in [0.717, 1.165) is 38.4 Å². The number of carbonyl (C=O) groups is 1. The van der Waals surface area contributed by atoms with Crippen LogP contribution in [0.2, 0.25) is 0 Å². The van der Waals surface area contributed by atoms with E-state index in [4.69, 9.17) is 16.3 Å². The second-order valence-corrected chi connectivity index (χ2v) is 7.15. The fraction of sp³-hybridized carbons (Fsp3) is 0.632. The van der Waals surface area contributed by atoms with Crippen molar-refractivity contribution < 1.29 is 9.53 Å². The van der Waals surface area contributed by atoms with Crippen LogP contribution in [0.25, 0.3) is 0 Å². The summed E-state index contributed by atoms with van der Waals surface area (Å²) in [5.74, 6) is 0.928. The molecule has 1 amide bonds. The van der Waals surface area contributed by atoms with Crippen LogP contribution in [0.5, 0.6) is 5.75 Å². The maximum absolute atomic E-state index is 11.2. The van der Waals surface area contributed by atoms with Crippen molar-refractivity contribution in [3.63, 3.8) is 0 Å². The van der Waals surface area contributed by atoms with Crippen molar-refractivity contribution in [2.24, 2.45) is 0 Å². The number of nitrogens with zero attached hydrogens (tertiary/aromatic N) is 3. The van der Waals surface area contributed by atoms with Crippen molar-refractivity contribution in [2.45, 2.75) is 25.7 Å². The SMILES string of the molecule is Cl.O=C(Cl)N1CCN(c2ccc(OCCCN3CCCCC3)cc2)CC1. The number of benzene rings is 1. The Balaban J connectivity index is 0.00000243. The smallest absolute Gasteiger partial charge is 0.316 e. The first-order chi connectivity index (χ1) is 12.2. The Morgan fingerprint density at radius 2 is 1.62 bits per heavy atom. The zero-order chi connectivity index (χ0) is 17.5. The summed E-state index contributed by atoms with van der Waals surface area (Å²) in [5, 5.41) is -0.354. The van der Waals surface area contributed by atoms with Gasteiger partial charge in [0, 0.05) is 38.4 Å². The lowest BCUT2D eigenvalue weighted by atomic mass is 10.1. The van der Waals surface area contributed by atoms with Crippen LogP contribution in [0.4, 0.5) is 10.5 Å². The van der Waals surface area contributed by atoms with Gasteiger partial charge in [-0.25, -0.2) is 0 Å². The van der Waals surface area contributed by atoms with Crippen molar-refractivity contribution in [3.8, 4) is 5.75 Å². The monoisotopic (exact) mass is 401 g/mol. The highest BCUT2D eigenvalue weighted by molar-refractivity contribution is 6.62. The molecule has 0 bridgehead atoms. The number of hydrogen-bond donors (Lipinski definition) is 0. The molecule has 2 saturated heterocycles. The largest absolute Gasteiger partial charge is 0.494 e. The predicted molar refractivity (Wildman–Crippen MR) is 109 cm³/mol. The molecule has 0 atom stereocenters. The maximum atomic E-state index is 11.2. The zero-order valence-electron chi connectivity index (χ0n) is 15.2. The van der Waals surface area contributed by atoms with E-state index in [1.54, 1.807) is 4.90 Å². The van der Waals surface area contributed by atoms with Gasteiger partial charge in [0.2, 0.25) is 0 Å². The molecule has 1 aromatic rings. The fourth-order valence-electron chi connectivity index (χ4n) is 3.55. The van der Waals surface area contributed by atoms with Gasteiger partial charge >= 0.3 is 5.37 Å². The molecule has 2 aliphatic heterocycles. The van der Waals surface area contributed by atoms with Crippen LogP contribution in [-0.4, -0.2) is 67.6 Å². The lowest BCUT2D eigenvalue weighted by Gasteiger charge is -2.35. The Hall–Kier alpha value is -1.17. The minimum Gasteiger partial charge on any atom is -0.494 e. The number of piperidine rings is 1. The highest BCUT2D eigenvalue weighted by atomic mass is 35.5. The number of halogens is 2.